The molecule has 0 spiro atoms. The van der Waals surface area contributed by atoms with Gasteiger partial charge in [-0.1, -0.05) is 54.6 Å². The van der Waals surface area contributed by atoms with E-state index in [0.29, 0.717) is 23.1 Å². The van der Waals surface area contributed by atoms with Gasteiger partial charge in [0.05, 0.1) is 23.0 Å². The number of para-hydroxylation sites is 1. The maximum Gasteiger partial charge on any atom is 0.336 e. The molecule has 8 heteroatoms. The molecule has 0 unspecified atom stereocenters. The van der Waals surface area contributed by atoms with E-state index in [1.54, 1.807) is 48.5 Å². The van der Waals surface area contributed by atoms with Crippen molar-refractivity contribution in [2.24, 2.45) is 0 Å². The summed E-state index contributed by atoms with van der Waals surface area (Å²) in [6, 6.07) is 23.9. The van der Waals surface area contributed by atoms with E-state index < -0.39 is 11.2 Å². The second-order valence-corrected chi connectivity index (χ2v) is 9.65. The Morgan fingerprint density at radius 2 is 1.53 bits per heavy atom. The van der Waals surface area contributed by atoms with Crippen LogP contribution in [-0.2, 0) is 29.0 Å². The summed E-state index contributed by atoms with van der Waals surface area (Å²) in [5.41, 5.74) is 1.74. The fourth-order valence-electron chi connectivity index (χ4n) is 4.52. The summed E-state index contributed by atoms with van der Waals surface area (Å²) in [5.74, 6) is -0.340. The largest absolute Gasteiger partial charge is 0.355 e. The summed E-state index contributed by atoms with van der Waals surface area (Å²) >= 11 is 0. The van der Waals surface area contributed by atoms with Crippen LogP contribution in [0.4, 0.5) is 0 Å². The van der Waals surface area contributed by atoms with Gasteiger partial charge in [0, 0.05) is 12.6 Å². The topological polar surface area (TPSA) is 102 Å². The third-order valence-electron chi connectivity index (χ3n) is 6.66. The normalized spacial score (nSPS) is 12.8. The first-order valence-electron chi connectivity index (χ1n) is 12.9. The number of nitrogens with one attached hydrogen (secondary N) is 2. The quantitative estimate of drug-likeness (QED) is 0.320. The Bertz CT molecular complexity index is 1570. The molecule has 0 atom stereocenters. The van der Waals surface area contributed by atoms with Gasteiger partial charge in [-0.2, -0.15) is 0 Å². The SMILES string of the molecule is O=C(Cn1c(=O)n(-c2ccc(CC(=O)NC3CC3)cc2)c(=O)c2ccccc21)NCCCc1ccccc1. The van der Waals surface area contributed by atoms with Crippen LogP contribution in [-0.4, -0.2) is 33.5 Å². The van der Waals surface area contributed by atoms with Crippen molar-refractivity contribution in [1.82, 2.24) is 19.8 Å². The molecule has 1 aliphatic carbocycles. The van der Waals surface area contributed by atoms with Crippen molar-refractivity contribution in [3.05, 3.63) is 111 Å². The van der Waals surface area contributed by atoms with Gasteiger partial charge in [-0.15, -0.1) is 0 Å². The minimum absolute atomic E-state index is 0.0414. The lowest BCUT2D eigenvalue weighted by atomic mass is 10.1. The molecule has 38 heavy (non-hydrogen) atoms. The van der Waals surface area contributed by atoms with Crippen LogP contribution in [0.25, 0.3) is 16.6 Å². The number of amides is 2. The fourth-order valence-corrected chi connectivity index (χ4v) is 4.52. The van der Waals surface area contributed by atoms with Crippen LogP contribution in [0, 0.1) is 0 Å². The van der Waals surface area contributed by atoms with Crippen LogP contribution in [0.15, 0.2) is 88.5 Å². The van der Waals surface area contributed by atoms with Crippen molar-refractivity contribution < 1.29 is 9.59 Å². The van der Waals surface area contributed by atoms with Gasteiger partial charge in [-0.3, -0.25) is 19.0 Å². The molecule has 1 saturated carbocycles. The number of aromatic nitrogens is 2. The summed E-state index contributed by atoms with van der Waals surface area (Å²) in [4.78, 5) is 51.7. The zero-order chi connectivity index (χ0) is 26.5. The van der Waals surface area contributed by atoms with Gasteiger partial charge in [0.15, 0.2) is 0 Å². The Morgan fingerprint density at radius 1 is 0.816 bits per heavy atom. The van der Waals surface area contributed by atoms with Crippen LogP contribution in [0.1, 0.15) is 30.4 Å². The van der Waals surface area contributed by atoms with Crippen LogP contribution in [0.5, 0.6) is 0 Å². The number of fused-ring (bicyclic) bond motifs is 1. The number of hydrogen-bond donors (Lipinski definition) is 2. The number of hydrogen-bond acceptors (Lipinski definition) is 4. The van der Waals surface area contributed by atoms with Crippen LogP contribution >= 0.6 is 0 Å². The maximum atomic E-state index is 13.5. The van der Waals surface area contributed by atoms with Crippen LogP contribution in [0.2, 0.25) is 0 Å². The molecule has 2 amide bonds. The lowest BCUT2D eigenvalue weighted by Crippen LogP contribution is -2.42. The van der Waals surface area contributed by atoms with Gasteiger partial charge in [-0.05, 0) is 61.1 Å². The molecular weight excluding hydrogens is 480 g/mol. The van der Waals surface area contributed by atoms with Crippen molar-refractivity contribution in [3.8, 4) is 5.69 Å². The first-order chi connectivity index (χ1) is 18.5. The highest BCUT2D eigenvalue weighted by atomic mass is 16.2. The molecule has 0 saturated heterocycles. The minimum Gasteiger partial charge on any atom is -0.355 e. The number of nitrogens with zero attached hydrogens (tertiary/aromatic N) is 2. The zero-order valence-corrected chi connectivity index (χ0v) is 21.1. The minimum atomic E-state index is -0.590. The van der Waals surface area contributed by atoms with E-state index in [4.69, 9.17) is 0 Å². The smallest absolute Gasteiger partial charge is 0.336 e. The zero-order valence-electron chi connectivity index (χ0n) is 21.1. The van der Waals surface area contributed by atoms with Gasteiger partial charge in [-0.25, -0.2) is 9.36 Å². The Labute approximate surface area is 219 Å². The Kier molecular flexibility index (Phi) is 7.49. The summed E-state index contributed by atoms with van der Waals surface area (Å²) in [5, 5.41) is 6.18. The van der Waals surface area contributed by atoms with E-state index in [0.717, 1.165) is 35.8 Å². The first-order valence-corrected chi connectivity index (χ1v) is 12.9. The number of aryl methyl sites for hydroxylation is 1. The average molecular weight is 511 g/mol. The van der Waals surface area contributed by atoms with E-state index in [1.807, 2.05) is 30.3 Å². The van der Waals surface area contributed by atoms with Crippen LogP contribution < -0.4 is 21.9 Å². The molecule has 1 fully saturated rings. The lowest BCUT2D eigenvalue weighted by molar-refractivity contribution is -0.122. The molecule has 1 heterocycles. The molecule has 1 aromatic heterocycles. The number of benzene rings is 3. The molecule has 0 bridgehead atoms. The predicted molar refractivity (Wildman–Crippen MR) is 146 cm³/mol. The third kappa shape index (κ3) is 5.91. The standard InChI is InChI=1S/C30H30N4O4/c35-27(32-23-14-15-23)19-22-12-16-24(17-13-22)34-29(37)25-10-4-5-11-26(25)33(30(34)38)20-28(36)31-18-6-9-21-7-2-1-3-8-21/h1-5,7-8,10-13,16-17,23H,6,9,14-15,18-20H2,(H,31,36)(H,32,35). The third-order valence-corrected chi connectivity index (χ3v) is 6.66. The molecule has 1 aliphatic rings. The maximum absolute atomic E-state index is 13.5. The Balaban J connectivity index is 1.35. The highest BCUT2D eigenvalue weighted by molar-refractivity contribution is 5.82. The molecule has 2 N–H and O–H groups in total. The summed E-state index contributed by atoms with van der Waals surface area (Å²) in [6.45, 7) is 0.278. The monoisotopic (exact) mass is 510 g/mol. The summed E-state index contributed by atoms with van der Waals surface area (Å²) in [6.07, 6.45) is 3.89. The first kappa shape index (κ1) is 25.2. The van der Waals surface area contributed by atoms with Gasteiger partial charge < -0.3 is 10.6 Å². The summed E-state index contributed by atoms with van der Waals surface area (Å²) < 4.78 is 2.42. The predicted octanol–water partition coefficient (Wildman–Crippen LogP) is 2.72. The molecule has 0 radical (unpaired) electrons. The van der Waals surface area contributed by atoms with E-state index in [-0.39, 0.29) is 30.8 Å². The van der Waals surface area contributed by atoms with Crippen molar-refractivity contribution in [1.29, 1.82) is 0 Å². The van der Waals surface area contributed by atoms with Crippen LogP contribution in [0.3, 0.4) is 0 Å². The number of carbonyl (C=O) groups is 2. The molecular formula is C30H30N4O4. The van der Waals surface area contributed by atoms with E-state index >= 15 is 0 Å². The highest BCUT2D eigenvalue weighted by Gasteiger charge is 2.23. The Hall–Kier alpha value is -4.46. The van der Waals surface area contributed by atoms with Gasteiger partial charge in [0.1, 0.15) is 6.54 Å². The Morgan fingerprint density at radius 3 is 2.26 bits per heavy atom. The molecule has 0 aliphatic heterocycles. The van der Waals surface area contributed by atoms with Crippen molar-refractivity contribution in [2.45, 2.75) is 44.7 Å². The average Bonchev–Trinajstić information content (AvgIpc) is 3.74. The van der Waals surface area contributed by atoms with Crippen molar-refractivity contribution >= 4 is 22.7 Å². The lowest BCUT2D eigenvalue weighted by Gasteiger charge is -2.14. The molecule has 3 aromatic carbocycles. The summed E-state index contributed by atoms with van der Waals surface area (Å²) in [7, 11) is 0. The van der Waals surface area contributed by atoms with E-state index in [2.05, 4.69) is 10.6 Å². The van der Waals surface area contributed by atoms with Gasteiger partial charge in [0.25, 0.3) is 5.56 Å². The second-order valence-electron chi connectivity index (χ2n) is 9.65. The second kappa shape index (κ2) is 11.3. The molecule has 8 nitrogen and oxygen atoms in total. The van der Waals surface area contributed by atoms with E-state index in [9.17, 15) is 19.2 Å². The molecule has 194 valence electrons. The van der Waals surface area contributed by atoms with Gasteiger partial charge in [0.2, 0.25) is 11.8 Å². The fraction of sp³-hybridized carbons (Fsp3) is 0.267. The number of rotatable bonds is 10. The highest BCUT2D eigenvalue weighted by Crippen LogP contribution is 2.19. The molecule has 5 rings (SSSR count). The van der Waals surface area contributed by atoms with Crippen molar-refractivity contribution in [2.75, 3.05) is 6.54 Å². The van der Waals surface area contributed by atoms with E-state index in [1.165, 1.54) is 10.1 Å². The number of carbonyl (C=O) groups excluding carboxylic acids is 2. The molecule has 4 aromatic rings. The van der Waals surface area contributed by atoms with Crippen molar-refractivity contribution in [3.63, 3.8) is 0 Å². The van der Waals surface area contributed by atoms with Gasteiger partial charge >= 0.3 is 5.69 Å².